The minimum absolute atomic E-state index is 0.0246. The van der Waals surface area contributed by atoms with E-state index in [2.05, 4.69) is 64.3 Å². The van der Waals surface area contributed by atoms with E-state index in [1.165, 1.54) is 5.57 Å². The van der Waals surface area contributed by atoms with Gasteiger partial charge in [0.05, 0.1) is 6.57 Å². The summed E-state index contributed by atoms with van der Waals surface area (Å²) in [5, 5.41) is 11.1. The van der Waals surface area contributed by atoms with Crippen LogP contribution in [0.3, 0.4) is 0 Å². The number of aliphatic hydroxyl groups excluding tert-OH is 1. The van der Waals surface area contributed by atoms with Crippen LogP contribution >= 0.6 is 0 Å². The SMILES string of the molecule is [C-]#[N+]C1=C(O)C(C)(C)[C@@H]2CC[C@]3(C)C(=CC(=O)[C@@H]4[C@@H]5CC(C)(C)CC[C@]5(CN5CCCC5=O)CC[C@]43C)[C@@]2(C)C1. The highest BCUT2D eigenvalue weighted by Crippen LogP contribution is 2.75. The van der Waals surface area contributed by atoms with E-state index in [4.69, 9.17) is 6.57 Å². The highest BCUT2D eigenvalue weighted by molar-refractivity contribution is 5.95. The fourth-order valence-corrected chi connectivity index (χ4v) is 11.5. The van der Waals surface area contributed by atoms with Crippen molar-refractivity contribution in [1.29, 1.82) is 0 Å². The first-order valence-corrected chi connectivity index (χ1v) is 15.9. The summed E-state index contributed by atoms with van der Waals surface area (Å²) in [6.07, 6.45) is 11.6. The van der Waals surface area contributed by atoms with Gasteiger partial charge in [0, 0.05) is 30.8 Å². The molecule has 1 heterocycles. The maximum atomic E-state index is 14.7. The van der Waals surface area contributed by atoms with Gasteiger partial charge in [0.2, 0.25) is 11.6 Å². The average molecular weight is 547 g/mol. The van der Waals surface area contributed by atoms with Gasteiger partial charge in [-0.15, -0.1) is 0 Å². The second kappa shape index (κ2) is 8.48. The first-order chi connectivity index (χ1) is 18.5. The number of likely N-dealkylation sites (tertiary alicyclic amines) is 1. The summed E-state index contributed by atoms with van der Waals surface area (Å²) in [4.78, 5) is 33.4. The minimum atomic E-state index is -0.493. The third-order valence-corrected chi connectivity index (χ3v) is 14.0. The summed E-state index contributed by atoms with van der Waals surface area (Å²) in [7, 11) is 0. The van der Waals surface area contributed by atoms with Crippen molar-refractivity contribution >= 4 is 11.7 Å². The quantitative estimate of drug-likeness (QED) is 0.358. The molecule has 0 aromatic carbocycles. The normalized spacial score (nSPS) is 45.6. The number of hydrogen-bond acceptors (Lipinski definition) is 3. The first kappa shape index (κ1) is 28.0. The van der Waals surface area contributed by atoms with Crippen LogP contribution in [0.4, 0.5) is 0 Å². The zero-order chi connectivity index (χ0) is 29.1. The molecular formula is C35H50N2O3. The zero-order valence-corrected chi connectivity index (χ0v) is 26.0. The molecular weight excluding hydrogens is 496 g/mol. The van der Waals surface area contributed by atoms with Gasteiger partial charge in [-0.1, -0.05) is 54.0 Å². The van der Waals surface area contributed by atoms with Gasteiger partial charge in [0.25, 0.3) is 0 Å². The van der Waals surface area contributed by atoms with Gasteiger partial charge >= 0.3 is 0 Å². The third-order valence-electron chi connectivity index (χ3n) is 14.0. The van der Waals surface area contributed by atoms with Gasteiger partial charge in [-0.2, -0.15) is 0 Å². The molecule has 7 atom stereocenters. The van der Waals surface area contributed by atoms with E-state index in [-0.39, 0.29) is 56.4 Å². The van der Waals surface area contributed by atoms with Crippen LogP contribution in [-0.2, 0) is 9.59 Å². The van der Waals surface area contributed by atoms with E-state index in [0.29, 0.717) is 24.4 Å². The summed E-state index contributed by atoms with van der Waals surface area (Å²) in [6.45, 7) is 25.6. The average Bonchev–Trinajstić information content (AvgIpc) is 3.27. The molecule has 0 spiro atoms. The van der Waals surface area contributed by atoms with Crippen LogP contribution in [0.2, 0.25) is 0 Å². The Bertz CT molecular complexity index is 1270. The van der Waals surface area contributed by atoms with Gasteiger partial charge in [-0.25, -0.2) is 4.85 Å². The number of amides is 1. The number of carbonyl (C=O) groups excluding carboxylic acids is 2. The molecule has 1 saturated heterocycles. The van der Waals surface area contributed by atoms with Crippen molar-refractivity contribution in [2.75, 3.05) is 13.1 Å². The van der Waals surface area contributed by atoms with Crippen LogP contribution in [0.5, 0.6) is 0 Å². The lowest BCUT2D eigenvalue weighted by Gasteiger charge is -2.70. The highest BCUT2D eigenvalue weighted by atomic mass is 16.3. The summed E-state index contributed by atoms with van der Waals surface area (Å²) in [5.41, 5.74) is 0.823. The standard InChI is InChI=1S/C35H50N2O3/c1-30(2)13-15-35(21-37-17-9-10-27(37)39)16-14-34(7)28(22(35)19-30)24(38)18-26-32(5)20-23(36-8)29(40)31(3,4)25(32)11-12-33(26,34)6/h18,22,25,28,40H,9-17,19-21H2,1-7H3/t22-,25-,28-,32-,33+,34+,35+/m0/s1. The number of fused-ring (bicyclic) bond motifs is 7. The molecule has 1 amide bonds. The number of aliphatic hydroxyl groups is 1. The fourth-order valence-electron chi connectivity index (χ4n) is 11.5. The van der Waals surface area contributed by atoms with Crippen LogP contribution in [0.1, 0.15) is 113 Å². The molecule has 0 aromatic rings. The maximum absolute atomic E-state index is 14.7. The Labute approximate surface area is 241 Å². The molecule has 3 saturated carbocycles. The van der Waals surface area contributed by atoms with Crippen molar-refractivity contribution in [1.82, 2.24) is 4.90 Å². The Morgan fingerprint density at radius 2 is 1.73 bits per heavy atom. The largest absolute Gasteiger partial charge is 0.523 e. The second-order valence-corrected chi connectivity index (χ2v) is 16.8. The van der Waals surface area contributed by atoms with E-state index in [1.807, 2.05) is 0 Å². The maximum Gasteiger partial charge on any atom is 0.222 e. The number of carbonyl (C=O) groups is 2. The van der Waals surface area contributed by atoms with Crippen LogP contribution < -0.4 is 0 Å². The first-order valence-electron chi connectivity index (χ1n) is 15.9. The van der Waals surface area contributed by atoms with E-state index in [9.17, 15) is 14.7 Å². The Kier molecular flexibility index (Phi) is 5.95. The van der Waals surface area contributed by atoms with Gasteiger partial charge < -0.3 is 10.0 Å². The monoisotopic (exact) mass is 546 g/mol. The third kappa shape index (κ3) is 3.49. The van der Waals surface area contributed by atoms with E-state index in [0.717, 1.165) is 64.5 Å². The number of hydrogen-bond donors (Lipinski definition) is 1. The number of rotatable bonds is 2. The molecule has 0 aromatic heterocycles. The molecule has 6 rings (SSSR count). The number of nitrogens with zero attached hydrogens (tertiary/aromatic N) is 2. The number of ketones is 1. The summed E-state index contributed by atoms with van der Waals surface area (Å²) >= 11 is 0. The molecule has 1 aliphatic heterocycles. The van der Waals surface area contributed by atoms with E-state index in [1.54, 1.807) is 0 Å². The van der Waals surface area contributed by atoms with Crippen molar-refractivity contribution < 1.29 is 14.7 Å². The Hall–Kier alpha value is -2.09. The molecule has 0 bridgehead atoms. The molecule has 4 fully saturated rings. The molecule has 5 heteroatoms. The topological polar surface area (TPSA) is 62.0 Å². The molecule has 5 aliphatic carbocycles. The van der Waals surface area contributed by atoms with Crippen LogP contribution in [0.25, 0.3) is 4.85 Å². The van der Waals surface area contributed by atoms with Crippen molar-refractivity contribution in [2.24, 2.45) is 50.2 Å². The smallest absolute Gasteiger partial charge is 0.222 e. The van der Waals surface area contributed by atoms with Gasteiger partial charge in [-0.05, 0) is 103 Å². The van der Waals surface area contributed by atoms with Crippen molar-refractivity contribution in [3.63, 3.8) is 0 Å². The van der Waals surface area contributed by atoms with Gasteiger partial charge in [0.15, 0.2) is 5.78 Å². The fraction of sp³-hybridized carbons (Fsp3) is 0.800. The van der Waals surface area contributed by atoms with E-state index < -0.39 is 5.41 Å². The lowest BCUT2D eigenvalue weighted by atomic mass is 9.34. The predicted octanol–water partition coefficient (Wildman–Crippen LogP) is 7.89. The molecule has 40 heavy (non-hydrogen) atoms. The molecule has 0 unspecified atom stereocenters. The molecule has 5 nitrogen and oxygen atoms in total. The lowest BCUT2D eigenvalue weighted by molar-refractivity contribution is -0.176. The number of allylic oxidation sites excluding steroid dienone is 4. The van der Waals surface area contributed by atoms with Crippen LogP contribution in [0, 0.1) is 56.8 Å². The minimum Gasteiger partial charge on any atom is -0.523 e. The van der Waals surface area contributed by atoms with Gasteiger partial charge in [-0.3, -0.25) is 9.59 Å². The highest BCUT2D eigenvalue weighted by Gasteiger charge is 2.70. The Balaban J connectivity index is 1.47. The molecule has 6 aliphatic rings. The zero-order valence-electron chi connectivity index (χ0n) is 26.0. The molecule has 1 N–H and O–H groups in total. The van der Waals surface area contributed by atoms with Crippen molar-refractivity contribution in [3.8, 4) is 0 Å². The summed E-state index contributed by atoms with van der Waals surface area (Å²) in [5.74, 6) is 1.28. The summed E-state index contributed by atoms with van der Waals surface area (Å²) in [6, 6.07) is 0. The molecule has 0 radical (unpaired) electrons. The Morgan fingerprint density at radius 3 is 2.38 bits per heavy atom. The Morgan fingerprint density at radius 1 is 1.02 bits per heavy atom. The van der Waals surface area contributed by atoms with Crippen molar-refractivity contribution in [3.05, 3.63) is 34.5 Å². The predicted molar refractivity (Wildman–Crippen MR) is 157 cm³/mol. The summed E-state index contributed by atoms with van der Waals surface area (Å²) < 4.78 is 0. The molecule has 218 valence electrons. The lowest BCUT2D eigenvalue weighted by Crippen LogP contribution is -2.65. The second-order valence-electron chi connectivity index (χ2n) is 16.8. The van der Waals surface area contributed by atoms with Crippen LogP contribution in [-0.4, -0.2) is 34.8 Å². The van der Waals surface area contributed by atoms with Crippen LogP contribution in [0.15, 0.2) is 23.1 Å². The van der Waals surface area contributed by atoms with Gasteiger partial charge in [0.1, 0.15) is 5.76 Å². The van der Waals surface area contributed by atoms with Crippen molar-refractivity contribution in [2.45, 2.75) is 113 Å². The van der Waals surface area contributed by atoms with E-state index >= 15 is 0 Å².